The number of piperidine rings is 2. The van der Waals surface area contributed by atoms with Crippen LogP contribution in [0.25, 0.3) is 0 Å². The van der Waals surface area contributed by atoms with Gasteiger partial charge in [-0.2, -0.15) is 0 Å². The van der Waals surface area contributed by atoms with Crippen LogP contribution in [0, 0.1) is 0 Å². The van der Waals surface area contributed by atoms with Gasteiger partial charge in [0, 0.05) is 18.7 Å². The van der Waals surface area contributed by atoms with E-state index in [-0.39, 0.29) is 30.0 Å². The van der Waals surface area contributed by atoms with Crippen molar-refractivity contribution >= 4 is 29.4 Å². The molecular formula is C17H19N5O4. The molecule has 3 N–H and O–H groups in total. The first-order valence-electron chi connectivity index (χ1n) is 8.74. The highest BCUT2D eigenvalue weighted by atomic mass is 16.2. The Morgan fingerprint density at radius 3 is 2.58 bits per heavy atom. The zero-order chi connectivity index (χ0) is 18.3. The highest BCUT2D eigenvalue weighted by molar-refractivity contribution is 6.25. The minimum atomic E-state index is -0.966. The lowest BCUT2D eigenvalue weighted by atomic mass is 10.0. The third-order valence-corrected chi connectivity index (χ3v) is 5.03. The molecule has 0 aromatic carbocycles. The first kappa shape index (κ1) is 16.6. The summed E-state index contributed by atoms with van der Waals surface area (Å²) < 4.78 is 0. The number of rotatable bonds is 3. The van der Waals surface area contributed by atoms with Crippen LogP contribution in [0.4, 0.5) is 5.82 Å². The molecule has 1 aromatic heterocycles. The summed E-state index contributed by atoms with van der Waals surface area (Å²) in [5.74, 6) is -1.68. The molecule has 3 aliphatic rings. The van der Waals surface area contributed by atoms with E-state index in [0.29, 0.717) is 5.82 Å². The summed E-state index contributed by atoms with van der Waals surface area (Å²) in [6.45, 7) is 1.75. The second-order valence-electron chi connectivity index (χ2n) is 6.70. The van der Waals surface area contributed by atoms with Crippen LogP contribution >= 0.6 is 0 Å². The van der Waals surface area contributed by atoms with E-state index in [1.54, 1.807) is 0 Å². The van der Waals surface area contributed by atoms with Gasteiger partial charge in [0.25, 0.3) is 11.8 Å². The summed E-state index contributed by atoms with van der Waals surface area (Å²) >= 11 is 0. The van der Waals surface area contributed by atoms with Crippen molar-refractivity contribution in [1.82, 2.24) is 20.5 Å². The number of nitrogens with zero attached hydrogens (tertiary/aromatic N) is 2. The smallest absolute Gasteiger partial charge is 0.266 e. The minimum absolute atomic E-state index is 0.0994. The third kappa shape index (κ3) is 2.74. The molecule has 1 unspecified atom stereocenters. The number of carbonyl (C=O) groups is 4. The fraction of sp³-hybridized carbons (Fsp3) is 0.471. The van der Waals surface area contributed by atoms with Gasteiger partial charge in [-0.3, -0.25) is 29.4 Å². The molecule has 0 spiro atoms. The Kier molecular flexibility index (Phi) is 4.15. The number of hydrogen-bond acceptors (Lipinski definition) is 7. The zero-order valence-corrected chi connectivity index (χ0v) is 14.1. The average molecular weight is 357 g/mol. The van der Waals surface area contributed by atoms with Crippen molar-refractivity contribution in [3.05, 3.63) is 23.4 Å². The normalized spacial score (nSPS) is 23.8. The Labute approximate surface area is 149 Å². The van der Waals surface area contributed by atoms with Crippen molar-refractivity contribution in [1.29, 1.82) is 0 Å². The van der Waals surface area contributed by atoms with E-state index in [1.807, 2.05) is 0 Å². The molecule has 136 valence electrons. The van der Waals surface area contributed by atoms with Gasteiger partial charge in [-0.15, -0.1) is 0 Å². The van der Waals surface area contributed by atoms with Crippen LogP contribution in [0.15, 0.2) is 12.3 Å². The molecule has 3 aliphatic heterocycles. The molecule has 4 amide bonds. The second-order valence-corrected chi connectivity index (χ2v) is 6.70. The summed E-state index contributed by atoms with van der Waals surface area (Å²) in [5, 5.41) is 8.73. The minimum Gasteiger partial charge on any atom is -0.367 e. The number of anilines is 1. The van der Waals surface area contributed by atoms with E-state index in [4.69, 9.17) is 0 Å². The van der Waals surface area contributed by atoms with Gasteiger partial charge in [-0.1, -0.05) is 0 Å². The highest BCUT2D eigenvalue weighted by Gasteiger charge is 2.46. The Morgan fingerprint density at radius 1 is 1.08 bits per heavy atom. The predicted molar refractivity (Wildman–Crippen MR) is 90.4 cm³/mol. The summed E-state index contributed by atoms with van der Waals surface area (Å²) in [5.41, 5.74) is 0.451. The van der Waals surface area contributed by atoms with Gasteiger partial charge in [-0.25, -0.2) is 4.98 Å². The van der Waals surface area contributed by atoms with Crippen molar-refractivity contribution in [3.8, 4) is 0 Å². The van der Waals surface area contributed by atoms with Crippen LogP contribution in [0.2, 0.25) is 0 Å². The average Bonchev–Trinajstić information content (AvgIpc) is 2.88. The number of imide groups is 2. The van der Waals surface area contributed by atoms with Crippen LogP contribution in [0.1, 0.15) is 46.4 Å². The molecule has 0 bridgehead atoms. The van der Waals surface area contributed by atoms with E-state index >= 15 is 0 Å². The van der Waals surface area contributed by atoms with E-state index in [1.165, 1.54) is 12.3 Å². The first-order valence-corrected chi connectivity index (χ1v) is 8.74. The Bertz CT molecular complexity index is 802. The molecule has 1 atom stereocenters. The SMILES string of the molecule is O=C1CCC(N2C(=O)c3ccnc(NC4CCNCC4)c3C2=O)C(=O)N1. The topological polar surface area (TPSA) is 120 Å². The van der Waals surface area contributed by atoms with Crippen molar-refractivity contribution in [2.45, 2.75) is 37.8 Å². The quantitative estimate of drug-likeness (QED) is 0.632. The van der Waals surface area contributed by atoms with Crippen LogP contribution in [0.5, 0.6) is 0 Å². The van der Waals surface area contributed by atoms with E-state index in [9.17, 15) is 19.2 Å². The first-order chi connectivity index (χ1) is 12.6. The Morgan fingerprint density at radius 2 is 1.85 bits per heavy atom. The van der Waals surface area contributed by atoms with Crippen LogP contribution in [-0.2, 0) is 9.59 Å². The van der Waals surface area contributed by atoms with Gasteiger partial charge < -0.3 is 10.6 Å². The molecule has 0 radical (unpaired) electrons. The predicted octanol–water partition coefficient (Wildman–Crippen LogP) is -0.353. The fourth-order valence-electron chi connectivity index (χ4n) is 3.68. The molecule has 9 nitrogen and oxygen atoms in total. The largest absolute Gasteiger partial charge is 0.367 e. The molecular weight excluding hydrogens is 338 g/mol. The van der Waals surface area contributed by atoms with Gasteiger partial charge in [0.05, 0.1) is 11.1 Å². The van der Waals surface area contributed by atoms with Gasteiger partial charge in [0.1, 0.15) is 11.9 Å². The lowest BCUT2D eigenvalue weighted by molar-refractivity contribution is -0.136. The molecule has 2 fully saturated rings. The standard InChI is InChI=1S/C17H19N5O4/c23-12-2-1-11(15(24)21-12)22-16(25)10-5-8-19-14(13(10)17(22)26)20-9-3-6-18-7-4-9/h5,8-9,11,18H,1-4,6-7H2,(H,19,20)(H,21,23,24). The monoisotopic (exact) mass is 357 g/mol. The summed E-state index contributed by atoms with van der Waals surface area (Å²) in [6, 6.07) is 0.698. The lowest BCUT2D eigenvalue weighted by Gasteiger charge is -2.28. The van der Waals surface area contributed by atoms with E-state index in [2.05, 4.69) is 20.9 Å². The number of fused-ring (bicyclic) bond motifs is 1. The third-order valence-electron chi connectivity index (χ3n) is 5.03. The lowest BCUT2D eigenvalue weighted by Crippen LogP contribution is -2.54. The fourth-order valence-corrected chi connectivity index (χ4v) is 3.68. The molecule has 4 rings (SSSR count). The maximum absolute atomic E-state index is 12.9. The summed E-state index contributed by atoms with van der Waals surface area (Å²) in [6.07, 6.45) is 3.51. The number of pyridine rings is 1. The van der Waals surface area contributed by atoms with Crippen LogP contribution in [-0.4, -0.2) is 58.7 Å². The molecule has 1 aromatic rings. The number of aromatic nitrogens is 1. The molecule has 4 heterocycles. The van der Waals surface area contributed by atoms with Gasteiger partial charge in [0.15, 0.2) is 0 Å². The summed E-state index contributed by atoms with van der Waals surface area (Å²) in [7, 11) is 0. The summed E-state index contributed by atoms with van der Waals surface area (Å²) in [4.78, 5) is 54.4. The van der Waals surface area contributed by atoms with Gasteiger partial charge >= 0.3 is 0 Å². The molecule has 9 heteroatoms. The zero-order valence-electron chi connectivity index (χ0n) is 14.1. The number of hydrogen-bond donors (Lipinski definition) is 3. The molecule has 26 heavy (non-hydrogen) atoms. The van der Waals surface area contributed by atoms with Gasteiger partial charge in [-0.05, 0) is 38.4 Å². The molecule has 2 saturated heterocycles. The Balaban J connectivity index is 1.62. The van der Waals surface area contributed by atoms with Crippen molar-refractivity contribution in [2.75, 3.05) is 18.4 Å². The maximum Gasteiger partial charge on any atom is 0.266 e. The van der Waals surface area contributed by atoms with Crippen molar-refractivity contribution in [3.63, 3.8) is 0 Å². The number of amides is 4. The maximum atomic E-state index is 12.9. The molecule has 0 aliphatic carbocycles. The highest BCUT2D eigenvalue weighted by Crippen LogP contribution is 2.31. The number of nitrogens with one attached hydrogen (secondary N) is 3. The van der Waals surface area contributed by atoms with Crippen LogP contribution in [0.3, 0.4) is 0 Å². The molecule has 0 saturated carbocycles. The second kappa shape index (κ2) is 6.49. The van der Waals surface area contributed by atoms with Crippen LogP contribution < -0.4 is 16.0 Å². The van der Waals surface area contributed by atoms with E-state index < -0.39 is 29.7 Å². The van der Waals surface area contributed by atoms with Crippen molar-refractivity contribution in [2.24, 2.45) is 0 Å². The van der Waals surface area contributed by atoms with Crippen molar-refractivity contribution < 1.29 is 19.2 Å². The van der Waals surface area contributed by atoms with Gasteiger partial charge in [0.2, 0.25) is 11.8 Å². The number of carbonyl (C=O) groups excluding carboxylic acids is 4. The Hall–Kier alpha value is -2.81. The van der Waals surface area contributed by atoms with E-state index in [0.717, 1.165) is 30.8 Å².